The summed E-state index contributed by atoms with van der Waals surface area (Å²) in [5, 5.41) is 14.1. The number of carboxylic acid groups (broad SMARTS) is 1. The van der Waals surface area contributed by atoms with Crippen LogP contribution >= 0.6 is 11.8 Å². The lowest BCUT2D eigenvalue weighted by atomic mass is 10.00. The average molecular weight is 259 g/mol. The number of nitrogens with one attached hydrogen (secondary N) is 1. The molecule has 2 aromatic carbocycles. The largest absolute Gasteiger partial charge is 0.479 e. The van der Waals surface area contributed by atoms with E-state index in [9.17, 15) is 4.79 Å². The number of thioether (sulfide) groups is 1. The molecule has 1 aliphatic rings. The number of carbonyl (C=O) groups is 1. The van der Waals surface area contributed by atoms with Gasteiger partial charge in [-0.2, -0.15) is 0 Å². The van der Waals surface area contributed by atoms with Crippen LogP contribution in [-0.2, 0) is 4.79 Å². The molecule has 3 rings (SSSR count). The fourth-order valence-electron chi connectivity index (χ4n) is 2.35. The first kappa shape index (κ1) is 11.6. The number of hydrogen-bond donors (Lipinski definition) is 2. The van der Waals surface area contributed by atoms with Crippen molar-refractivity contribution in [3.05, 3.63) is 48.0 Å². The highest BCUT2D eigenvalue weighted by molar-refractivity contribution is 8.00. The van der Waals surface area contributed by atoms with Gasteiger partial charge in [-0.3, -0.25) is 5.32 Å². The normalized spacial score (nSPS) is 23.3. The summed E-state index contributed by atoms with van der Waals surface area (Å²) < 4.78 is 0. The Hall–Kier alpha value is -1.52. The van der Waals surface area contributed by atoms with Gasteiger partial charge in [0.1, 0.15) is 0 Å². The second-order valence-electron chi connectivity index (χ2n) is 4.34. The highest BCUT2D eigenvalue weighted by Crippen LogP contribution is 2.33. The van der Waals surface area contributed by atoms with Crippen LogP contribution in [0.25, 0.3) is 10.8 Å². The minimum atomic E-state index is -0.789. The molecular weight excluding hydrogens is 246 g/mol. The lowest BCUT2D eigenvalue weighted by Gasteiger charge is -2.14. The monoisotopic (exact) mass is 259 g/mol. The van der Waals surface area contributed by atoms with Crippen molar-refractivity contribution in [2.45, 2.75) is 11.4 Å². The standard InChI is InChI=1S/C14H13NO2S/c16-14(17)13-15-12(8-18-13)11-7-3-5-9-4-1-2-6-10(9)11/h1-7,12-13,15H,8H2,(H,16,17)/t12-,13+/m0/s1. The molecule has 0 saturated carbocycles. The van der Waals surface area contributed by atoms with Crippen LogP contribution in [0.5, 0.6) is 0 Å². The molecule has 4 heteroatoms. The van der Waals surface area contributed by atoms with Gasteiger partial charge < -0.3 is 5.11 Å². The van der Waals surface area contributed by atoms with Gasteiger partial charge in [0.2, 0.25) is 0 Å². The van der Waals surface area contributed by atoms with Gasteiger partial charge in [0, 0.05) is 11.8 Å². The van der Waals surface area contributed by atoms with Gasteiger partial charge in [0.25, 0.3) is 0 Å². The molecule has 0 amide bonds. The van der Waals surface area contributed by atoms with E-state index in [-0.39, 0.29) is 6.04 Å². The molecule has 0 radical (unpaired) electrons. The predicted octanol–water partition coefficient (Wildman–Crippen LogP) is 2.63. The molecule has 0 aromatic heterocycles. The van der Waals surface area contributed by atoms with Gasteiger partial charge in [-0.25, -0.2) is 4.79 Å². The molecule has 2 N–H and O–H groups in total. The zero-order valence-electron chi connectivity index (χ0n) is 9.67. The SMILES string of the molecule is O=C(O)[C@@H]1N[C@H](c2cccc3ccccc23)CS1. The fourth-order valence-corrected chi connectivity index (χ4v) is 3.41. The molecule has 0 spiro atoms. The number of benzene rings is 2. The van der Waals surface area contributed by atoms with Crippen LogP contribution in [0, 0.1) is 0 Å². The van der Waals surface area contributed by atoms with Crippen molar-refractivity contribution < 1.29 is 9.90 Å². The molecule has 0 unspecified atom stereocenters. The van der Waals surface area contributed by atoms with Crippen molar-refractivity contribution in [2.24, 2.45) is 0 Å². The van der Waals surface area contributed by atoms with Crippen LogP contribution in [0.4, 0.5) is 0 Å². The third-order valence-corrected chi connectivity index (χ3v) is 4.40. The smallest absolute Gasteiger partial charge is 0.331 e. The van der Waals surface area contributed by atoms with Crippen molar-refractivity contribution in [2.75, 3.05) is 5.75 Å². The molecule has 2 aromatic rings. The lowest BCUT2D eigenvalue weighted by Crippen LogP contribution is -2.30. The molecule has 1 saturated heterocycles. The summed E-state index contributed by atoms with van der Waals surface area (Å²) in [6.07, 6.45) is 0. The van der Waals surface area contributed by atoms with E-state index in [1.165, 1.54) is 28.1 Å². The minimum absolute atomic E-state index is 0.113. The quantitative estimate of drug-likeness (QED) is 0.870. The van der Waals surface area contributed by atoms with Crippen molar-refractivity contribution in [3.63, 3.8) is 0 Å². The van der Waals surface area contributed by atoms with Crippen LogP contribution in [0.2, 0.25) is 0 Å². The van der Waals surface area contributed by atoms with E-state index < -0.39 is 11.3 Å². The number of rotatable bonds is 2. The van der Waals surface area contributed by atoms with Crippen LogP contribution in [0.3, 0.4) is 0 Å². The lowest BCUT2D eigenvalue weighted by molar-refractivity contribution is -0.136. The van der Waals surface area contributed by atoms with E-state index in [1.54, 1.807) is 0 Å². The van der Waals surface area contributed by atoms with Gasteiger partial charge in [-0.15, -0.1) is 11.8 Å². The Bertz CT molecular complexity index is 594. The third kappa shape index (κ3) is 1.98. The Labute approximate surface area is 109 Å². The first-order chi connectivity index (χ1) is 8.75. The summed E-state index contributed by atoms with van der Waals surface area (Å²) in [4.78, 5) is 11.0. The maximum absolute atomic E-state index is 11.0. The molecule has 92 valence electrons. The molecule has 1 heterocycles. The van der Waals surface area contributed by atoms with E-state index in [1.807, 2.05) is 18.2 Å². The molecule has 3 nitrogen and oxygen atoms in total. The zero-order valence-corrected chi connectivity index (χ0v) is 10.5. The summed E-state index contributed by atoms with van der Waals surface area (Å²) in [6.45, 7) is 0. The number of carboxylic acids is 1. The highest BCUT2D eigenvalue weighted by Gasteiger charge is 2.30. The molecule has 1 aliphatic heterocycles. The molecule has 2 atom stereocenters. The van der Waals surface area contributed by atoms with E-state index in [0.29, 0.717) is 0 Å². The third-order valence-electron chi connectivity index (χ3n) is 3.21. The molecule has 18 heavy (non-hydrogen) atoms. The van der Waals surface area contributed by atoms with Crippen molar-refractivity contribution in [3.8, 4) is 0 Å². The van der Waals surface area contributed by atoms with Crippen LogP contribution < -0.4 is 5.32 Å². The zero-order chi connectivity index (χ0) is 12.5. The summed E-state index contributed by atoms with van der Waals surface area (Å²) in [5.74, 6) is 0.00747. The van der Waals surface area contributed by atoms with E-state index in [0.717, 1.165) is 5.75 Å². The average Bonchev–Trinajstić information content (AvgIpc) is 2.87. The minimum Gasteiger partial charge on any atom is -0.479 e. The summed E-state index contributed by atoms with van der Waals surface area (Å²) in [6, 6.07) is 14.5. The van der Waals surface area contributed by atoms with Crippen LogP contribution in [0.15, 0.2) is 42.5 Å². The van der Waals surface area contributed by atoms with Crippen molar-refractivity contribution in [1.82, 2.24) is 5.32 Å². The first-order valence-electron chi connectivity index (χ1n) is 5.84. The number of aliphatic carboxylic acids is 1. The maximum atomic E-state index is 11.0. The Balaban J connectivity index is 1.98. The summed E-state index contributed by atoms with van der Waals surface area (Å²) >= 11 is 1.45. The van der Waals surface area contributed by atoms with E-state index in [4.69, 9.17) is 5.11 Å². The van der Waals surface area contributed by atoms with Gasteiger partial charge in [-0.05, 0) is 16.3 Å². The maximum Gasteiger partial charge on any atom is 0.331 e. The fraction of sp³-hybridized carbons (Fsp3) is 0.214. The Morgan fingerprint density at radius 3 is 2.78 bits per heavy atom. The number of fused-ring (bicyclic) bond motifs is 1. The van der Waals surface area contributed by atoms with Gasteiger partial charge in [0.05, 0.1) is 0 Å². The van der Waals surface area contributed by atoms with Gasteiger partial charge in [-0.1, -0.05) is 42.5 Å². The Kier molecular flexibility index (Phi) is 2.97. The van der Waals surface area contributed by atoms with Crippen LogP contribution in [-0.4, -0.2) is 22.2 Å². The molecular formula is C14H13NO2S. The molecule has 0 aliphatic carbocycles. The second-order valence-corrected chi connectivity index (χ2v) is 5.48. The van der Waals surface area contributed by atoms with E-state index >= 15 is 0 Å². The predicted molar refractivity (Wildman–Crippen MR) is 73.7 cm³/mol. The van der Waals surface area contributed by atoms with Gasteiger partial charge in [0.15, 0.2) is 5.37 Å². The molecule has 0 bridgehead atoms. The van der Waals surface area contributed by atoms with E-state index in [2.05, 4.69) is 29.6 Å². The summed E-state index contributed by atoms with van der Waals surface area (Å²) in [5.41, 5.74) is 1.18. The van der Waals surface area contributed by atoms with Crippen molar-refractivity contribution >= 4 is 28.5 Å². The Morgan fingerprint density at radius 1 is 1.22 bits per heavy atom. The topological polar surface area (TPSA) is 49.3 Å². The van der Waals surface area contributed by atoms with Crippen LogP contribution in [0.1, 0.15) is 11.6 Å². The molecule has 1 fully saturated rings. The first-order valence-corrected chi connectivity index (χ1v) is 6.89. The Morgan fingerprint density at radius 2 is 2.00 bits per heavy atom. The van der Waals surface area contributed by atoms with Crippen molar-refractivity contribution in [1.29, 1.82) is 0 Å². The van der Waals surface area contributed by atoms with Gasteiger partial charge >= 0.3 is 5.97 Å². The second kappa shape index (κ2) is 4.63. The summed E-state index contributed by atoms with van der Waals surface area (Å²) in [7, 11) is 0. The highest BCUT2D eigenvalue weighted by atomic mass is 32.2. The number of hydrogen-bond acceptors (Lipinski definition) is 3.